The van der Waals surface area contributed by atoms with Crippen LogP contribution >= 0.6 is 35.3 Å². The van der Waals surface area contributed by atoms with E-state index in [-0.39, 0.29) is 4.90 Å². The number of hydrogen-bond donors (Lipinski definition) is 0. The minimum Gasteiger partial charge on any atom is -0.744 e. The van der Waals surface area contributed by atoms with Crippen molar-refractivity contribution in [1.29, 1.82) is 0 Å². The van der Waals surface area contributed by atoms with Crippen LogP contribution in [0.3, 0.4) is 0 Å². The molecule has 0 aromatic heterocycles. The molecule has 0 N–H and O–H groups in total. The first-order valence-electron chi connectivity index (χ1n) is 9.52. The van der Waals surface area contributed by atoms with Gasteiger partial charge in [0.1, 0.15) is 15.9 Å². The number of rotatable bonds is 13. The van der Waals surface area contributed by atoms with Gasteiger partial charge in [-0.05, 0) is 54.8 Å². The molecule has 2 aromatic rings. The quantitative estimate of drug-likeness (QED) is 0.212. The van der Waals surface area contributed by atoms with Crippen molar-refractivity contribution < 1.29 is 17.7 Å². The van der Waals surface area contributed by atoms with E-state index in [2.05, 4.69) is 6.58 Å². The van der Waals surface area contributed by atoms with E-state index in [0.717, 1.165) is 45.0 Å². The summed E-state index contributed by atoms with van der Waals surface area (Å²) in [5.74, 6) is 6.00. The minimum atomic E-state index is -4.42. The summed E-state index contributed by atoms with van der Waals surface area (Å²) in [5.41, 5.74) is 2.13. The van der Waals surface area contributed by atoms with E-state index >= 15 is 0 Å². The third-order valence-electron chi connectivity index (χ3n) is 4.16. The Bertz CT molecular complexity index is 902. The molecule has 0 heterocycles. The summed E-state index contributed by atoms with van der Waals surface area (Å²) in [5, 5.41) is 0. The second-order valence-electron chi connectivity index (χ2n) is 6.54. The van der Waals surface area contributed by atoms with Gasteiger partial charge in [0.05, 0.1) is 11.5 Å². The lowest BCUT2D eigenvalue weighted by atomic mass is 10.1. The van der Waals surface area contributed by atoms with Crippen molar-refractivity contribution in [1.82, 2.24) is 0 Å². The number of benzene rings is 2. The van der Waals surface area contributed by atoms with Crippen molar-refractivity contribution in [2.75, 3.05) is 35.4 Å². The van der Waals surface area contributed by atoms with Gasteiger partial charge in [0.25, 0.3) is 0 Å². The van der Waals surface area contributed by atoms with Gasteiger partial charge in [-0.2, -0.15) is 23.5 Å². The lowest BCUT2D eigenvalue weighted by Crippen LogP contribution is -2.04. The molecule has 0 aliphatic heterocycles. The average Bonchev–Trinajstić information content (AvgIpc) is 2.68. The molecule has 2 aromatic carbocycles. The van der Waals surface area contributed by atoms with Crippen LogP contribution in [0.4, 0.5) is 0 Å². The molecule has 0 aliphatic rings. The first-order valence-corrected chi connectivity index (χ1v) is 14.2. The predicted octanol–water partition coefficient (Wildman–Crippen LogP) is 5.49. The van der Waals surface area contributed by atoms with Crippen LogP contribution in [0.2, 0.25) is 0 Å². The molecule has 30 heavy (non-hydrogen) atoms. The molecule has 0 aliphatic carbocycles. The first-order chi connectivity index (χ1) is 14.3. The number of hydrogen-bond acceptors (Lipinski definition) is 7. The van der Waals surface area contributed by atoms with E-state index in [1.165, 1.54) is 0 Å². The maximum Gasteiger partial charge on any atom is 0.124 e. The summed E-state index contributed by atoms with van der Waals surface area (Å²) in [6, 6.07) is 11.5. The summed E-state index contributed by atoms with van der Waals surface area (Å²) in [6.45, 7) is 7.79. The first kappa shape index (κ1) is 25.2. The normalized spacial score (nSPS) is 11.4. The number of aryl methyl sites for hydroxylation is 2. The largest absolute Gasteiger partial charge is 0.744 e. The van der Waals surface area contributed by atoms with Gasteiger partial charge in [-0.25, -0.2) is 8.42 Å². The molecule has 4 nitrogen and oxygen atoms in total. The number of thioether (sulfide) groups is 3. The minimum absolute atomic E-state index is 0.0870. The maximum absolute atomic E-state index is 11.3. The van der Waals surface area contributed by atoms with E-state index in [9.17, 15) is 13.0 Å². The fourth-order valence-corrected chi connectivity index (χ4v) is 6.87. The Hall–Kier alpha value is -1.06. The molecule has 0 amide bonds. The van der Waals surface area contributed by atoms with Gasteiger partial charge in [-0.15, -0.1) is 11.8 Å². The third-order valence-corrected chi connectivity index (χ3v) is 8.74. The molecule has 164 valence electrons. The van der Waals surface area contributed by atoms with Gasteiger partial charge in [-0.1, -0.05) is 24.8 Å². The monoisotopic (exact) mass is 483 g/mol. The van der Waals surface area contributed by atoms with Crippen LogP contribution in [0, 0.1) is 13.8 Å². The van der Waals surface area contributed by atoms with Gasteiger partial charge >= 0.3 is 0 Å². The highest BCUT2D eigenvalue weighted by atomic mass is 32.2. The van der Waals surface area contributed by atoms with Crippen molar-refractivity contribution in [3.8, 4) is 5.75 Å². The Balaban J connectivity index is 1.55. The lowest BCUT2D eigenvalue weighted by molar-refractivity contribution is 0.344. The zero-order valence-electron chi connectivity index (χ0n) is 17.3. The molecule has 0 saturated carbocycles. The van der Waals surface area contributed by atoms with Crippen LogP contribution in [0.5, 0.6) is 5.75 Å². The SMILES string of the molecule is C=Cc1ccc(OCCSCCSCCSc2cc(C)c(S(=O)(=O)[O-])c(C)c2)cc1. The Morgan fingerprint density at radius 2 is 1.53 bits per heavy atom. The Kier molecular flexibility index (Phi) is 10.7. The highest BCUT2D eigenvalue weighted by Gasteiger charge is 2.11. The van der Waals surface area contributed by atoms with Crippen molar-refractivity contribution >= 4 is 51.5 Å². The summed E-state index contributed by atoms with van der Waals surface area (Å²) >= 11 is 5.49. The topological polar surface area (TPSA) is 66.4 Å². The van der Waals surface area contributed by atoms with Crippen LogP contribution in [0.1, 0.15) is 16.7 Å². The van der Waals surface area contributed by atoms with Crippen LogP contribution in [0.15, 0.2) is 52.8 Å². The number of ether oxygens (including phenoxy) is 1. The van der Waals surface area contributed by atoms with E-state index in [1.54, 1.807) is 37.7 Å². The third kappa shape index (κ3) is 8.59. The summed E-state index contributed by atoms with van der Waals surface area (Å²) in [6.07, 6.45) is 1.81. The summed E-state index contributed by atoms with van der Waals surface area (Å²) in [7, 11) is -4.42. The van der Waals surface area contributed by atoms with Crippen LogP contribution < -0.4 is 4.74 Å². The van der Waals surface area contributed by atoms with Gasteiger partial charge < -0.3 is 9.29 Å². The maximum atomic E-state index is 11.3. The van der Waals surface area contributed by atoms with E-state index in [1.807, 2.05) is 53.9 Å². The van der Waals surface area contributed by atoms with Gasteiger partial charge in [-0.3, -0.25) is 0 Å². The van der Waals surface area contributed by atoms with Gasteiger partial charge in [0, 0.05) is 33.7 Å². The zero-order valence-corrected chi connectivity index (χ0v) is 20.5. The molecule has 0 radical (unpaired) electrons. The van der Waals surface area contributed by atoms with Gasteiger partial charge in [0.15, 0.2) is 0 Å². The van der Waals surface area contributed by atoms with E-state index in [4.69, 9.17) is 4.74 Å². The Labute approximate surface area is 193 Å². The second kappa shape index (κ2) is 12.7. The van der Waals surface area contributed by atoms with Crippen LogP contribution in [0.25, 0.3) is 6.08 Å². The molecule has 0 spiro atoms. The molecule has 8 heteroatoms. The molecule has 0 saturated heterocycles. The molecule has 0 fully saturated rings. The second-order valence-corrected chi connectivity index (χ2v) is 11.5. The van der Waals surface area contributed by atoms with Gasteiger partial charge in [0.2, 0.25) is 0 Å². The molecule has 0 bridgehead atoms. The van der Waals surface area contributed by atoms with Crippen molar-refractivity contribution in [3.63, 3.8) is 0 Å². The lowest BCUT2D eigenvalue weighted by Gasteiger charge is -2.15. The van der Waals surface area contributed by atoms with E-state index < -0.39 is 10.1 Å². The van der Waals surface area contributed by atoms with Crippen molar-refractivity contribution in [3.05, 3.63) is 59.7 Å². The van der Waals surface area contributed by atoms with Crippen molar-refractivity contribution in [2.45, 2.75) is 23.6 Å². The summed E-state index contributed by atoms with van der Waals surface area (Å²) in [4.78, 5) is 0.918. The zero-order chi connectivity index (χ0) is 22.0. The fraction of sp³-hybridized carbons (Fsp3) is 0.364. The Morgan fingerprint density at radius 1 is 0.967 bits per heavy atom. The van der Waals surface area contributed by atoms with E-state index in [0.29, 0.717) is 17.7 Å². The van der Waals surface area contributed by atoms with Crippen LogP contribution in [-0.2, 0) is 10.1 Å². The smallest absolute Gasteiger partial charge is 0.124 e. The highest BCUT2D eigenvalue weighted by Crippen LogP contribution is 2.28. The molecule has 0 unspecified atom stereocenters. The highest BCUT2D eigenvalue weighted by molar-refractivity contribution is 8.04. The van der Waals surface area contributed by atoms with Crippen LogP contribution in [-0.4, -0.2) is 48.3 Å². The molecule has 2 rings (SSSR count). The summed E-state index contributed by atoms with van der Waals surface area (Å²) < 4.78 is 39.7. The molecule has 0 atom stereocenters. The standard InChI is InChI=1S/C22H28O4S4/c1-4-19-5-7-20(8-6-19)26-9-10-27-11-12-28-13-14-29-21-15-17(2)22(18(3)16-21)30(23,24)25/h4-8,15-16H,1,9-14H2,2-3H3,(H,23,24,25)/p-1. The molecular weight excluding hydrogens is 457 g/mol. The molecular formula is C22H27O4S4-. The Morgan fingerprint density at radius 3 is 2.10 bits per heavy atom. The fourth-order valence-electron chi connectivity index (χ4n) is 2.85. The van der Waals surface area contributed by atoms with Crippen molar-refractivity contribution in [2.24, 2.45) is 0 Å². The predicted molar refractivity (Wildman–Crippen MR) is 131 cm³/mol. The average molecular weight is 484 g/mol.